The molecule has 4 nitrogen and oxygen atoms in total. The third-order valence-corrected chi connectivity index (χ3v) is 3.68. The molecular weight excluding hydrogens is 206 g/mol. The number of carboxylic acid groups (broad SMARTS) is 1. The molecule has 0 aromatic rings. The van der Waals surface area contributed by atoms with Gasteiger partial charge in [0.15, 0.2) is 0 Å². The Morgan fingerprint density at radius 2 is 2.25 bits per heavy atom. The van der Waals surface area contributed by atoms with Crippen molar-refractivity contribution in [3.63, 3.8) is 0 Å². The lowest BCUT2D eigenvalue weighted by Crippen LogP contribution is -2.58. The summed E-state index contributed by atoms with van der Waals surface area (Å²) in [7, 11) is 1.68. The average Bonchev–Trinajstić information content (AvgIpc) is 2.26. The molecule has 1 aliphatic heterocycles. The number of methoxy groups -OCH3 is 1. The van der Waals surface area contributed by atoms with Crippen LogP contribution < -0.4 is 0 Å². The monoisotopic (exact) mass is 229 g/mol. The van der Waals surface area contributed by atoms with Crippen LogP contribution in [0, 0.1) is 0 Å². The molecule has 0 aliphatic carbocycles. The summed E-state index contributed by atoms with van der Waals surface area (Å²) >= 11 is 0. The second-order valence-electron chi connectivity index (χ2n) is 4.86. The maximum absolute atomic E-state index is 11.4. The largest absolute Gasteiger partial charge is 0.480 e. The van der Waals surface area contributed by atoms with Crippen molar-refractivity contribution in [2.45, 2.75) is 51.1 Å². The normalized spacial score (nSPS) is 28.9. The summed E-state index contributed by atoms with van der Waals surface area (Å²) in [6, 6.07) is 0.265. The zero-order valence-corrected chi connectivity index (χ0v) is 10.5. The van der Waals surface area contributed by atoms with Crippen LogP contribution in [0.5, 0.6) is 0 Å². The molecule has 0 amide bonds. The summed E-state index contributed by atoms with van der Waals surface area (Å²) in [5.74, 6) is -0.698. The molecule has 0 saturated carbocycles. The first-order valence-corrected chi connectivity index (χ1v) is 6.01. The van der Waals surface area contributed by atoms with Gasteiger partial charge < -0.3 is 9.84 Å². The van der Waals surface area contributed by atoms with E-state index >= 15 is 0 Å². The molecule has 1 aliphatic rings. The number of aliphatic carboxylic acids is 1. The van der Waals surface area contributed by atoms with Gasteiger partial charge in [-0.3, -0.25) is 9.69 Å². The molecule has 1 rings (SSSR count). The SMILES string of the molecule is COCCC(C)N1CCCCC1(C)C(=O)O. The fourth-order valence-corrected chi connectivity index (χ4v) is 2.52. The smallest absolute Gasteiger partial charge is 0.323 e. The van der Waals surface area contributed by atoms with Crippen LogP contribution in [0.3, 0.4) is 0 Å². The predicted octanol–water partition coefficient (Wildman–Crippen LogP) is 1.74. The van der Waals surface area contributed by atoms with E-state index in [0.717, 1.165) is 32.2 Å². The average molecular weight is 229 g/mol. The first-order chi connectivity index (χ1) is 7.52. The number of rotatable bonds is 5. The van der Waals surface area contributed by atoms with E-state index in [1.165, 1.54) is 0 Å². The van der Waals surface area contributed by atoms with Gasteiger partial charge in [-0.25, -0.2) is 0 Å². The van der Waals surface area contributed by atoms with Crippen LogP contribution in [0.1, 0.15) is 39.5 Å². The van der Waals surface area contributed by atoms with Gasteiger partial charge in [0, 0.05) is 19.8 Å². The van der Waals surface area contributed by atoms with Crippen LogP contribution in [0.4, 0.5) is 0 Å². The topological polar surface area (TPSA) is 49.8 Å². The van der Waals surface area contributed by atoms with Gasteiger partial charge in [-0.1, -0.05) is 0 Å². The van der Waals surface area contributed by atoms with Gasteiger partial charge in [-0.05, 0) is 46.1 Å². The van der Waals surface area contributed by atoms with Crippen molar-refractivity contribution >= 4 is 5.97 Å². The molecule has 4 heteroatoms. The number of nitrogens with zero attached hydrogens (tertiary/aromatic N) is 1. The van der Waals surface area contributed by atoms with Gasteiger partial charge in [0.2, 0.25) is 0 Å². The Balaban J connectivity index is 2.70. The Kier molecular flexibility index (Phi) is 4.74. The second-order valence-corrected chi connectivity index (χ2v) is 4.86. The molecule has 0 bridgehead atoms. The van der Waals surface area contributed by atoms with Gasteiger partial charge in [0.25, 0.3) is 0 Å². The van der Waals surface area contributed by atoms with E-state index in [4.69, 9.17) is 4.74 Å². The zero-order chi connectivity index (χ0) is 12.2. The van der Waals surface area contributed by atoms with Crippen molar-refractivity contribution in [2.75, 3.05) is 20.3 Å². The van der Waals surface area contributed by atoms with Crippen LogP contribution in [-0.4, -0.2) is 47.8 Å². The molecule has 1 heterocycles. The molecule has 0 radical (unpaired) electrons. The first kappa shape index (κ1) is 13.5. The number of likely N-dealkylation sites (tertiary alicyclic amines) is 1. The van der Waals surface area contributed by atoms with Crippen LogP contribution in [0.15, 0.2) is 0 Å². The van der Waals surface area contributed by atoms with Crippen molar-refractivity contribution in [1.29, 1.82) is 0 Å². The Morgan fingerprint density at radius 3 is 2.81 bits per heavy atom. The van der Waals surface area contributed by atoms with Crippen LogP contribution in [-0.2, 0) is 9.53 Å². The molecule has 1 fully saturated rings. The molecule has 1 N–H and O–H groups in total. The predicted molar refractivity (Wildman–Crippen MR) is 62.6 cm³/mol. The minimum absolute atomic E-state index is 0.265. The van der Waals surface area contributed by atoms with E-state index in [2.05, 4.69) is 11.8 Å². The fraction of sp³-hybridized carbons (Fsp3) is 0.917. The van der Waals surface area contributed by atoms with E-state index in [1.54, 1.807) is 7.11 Å². The maximum atomic E-state index is 11.4. The van der Waals surface area contributed by atoms with Crippen molar-refractivity contribution in [1.82, 2.24) is 4.90 Å². The molecule has 0 aromatic heterocycles. The number of piperidine rings is 1. The molecule has 1 saturated heterocycles. The zero-order valence-electron chi connectivity index (χ0n) is 10.5. The van der Waals surface area contributed by atoms with Gasteiger partial charge in [-0.15, -0.1) is 0 Å². The van der Waals surface area contributed by atoms with E-state index < -0.39 is 11.5 Å². The summed E-state index contributed by atoms with van der Waals surface area (Å²) in [6.45, 7) is 5.50. The Morgan fingerprint density at radius 1 is 1.56 bits per heavy atom. The number of carbonyl (C=O) groups is 1. The Hall–Kier alpha value is -0.610. The van der Waals surface area contributed by atoms with Crippen molar-refractivity contribution in [3.8, 4) is 0 Å². The third kappa shape index (κ3) is 2.74. The lowest BCUT2D eigenvalue weighted by atomic mass is 9.86. The first-order valence-electron chi connectivity index (χ1n) is 6.01. The summed E-state index contributed by atoms with van der Waals surface area (Å²) in [6.07, 6.45) is 3.75. The number of hydrogen-bond acceptors (Lipinski definition) is 3. The standard InChI is InChI=1S/C12H23NO3/c1-10(6-9-16-3)13-8-5-4-7-12(13,2)11(14)15/h10H,4-9H2,1-3H3,(H,14,15). The van der Waals surface area contributed by atoms with Crippen LogP contribution >= 0.6 is 0 Å². The quantitative estimate of drug-likeness (QED) is 0.780. The summed E-state index contributed by atoms with van der Waals surface area (Å²) < 4.78 is 5.06. The molecule has 0 aromatic carbocycles. The highest BCUT2D eigenvalue weighted by atomic mass is 16.5. The van der Waals surface area contributed by atoms with Gasteiger partial charge in [0.05, 0.1) is 0 Å². The van der Waals surface area contributed by atoms with Gasteiger partial charge in [-0.2, -0.15) is 0 Å². The van der Waals surface area contributed by atoms with Crippen molar-refractivity contribution < 1.29 is 14.6 Å². The lowest BCUT2D eigenvalue weighted by molar-refractivity contribution is -0.155. The number of ether oxygens (including phenoxy) is 1. The Labute approximate surface area is 97.6 Å². The van der Waals surface area contributed by atoms with Crippen molar-refractivity contribution in [3.05, 3.63) is 0 Å². The second kappa shape index (κ2) is 5.64. The molecule has 2 atom stereocenters. The highest BCUT2D eigenvalue weighted by Crippen LogP contribution is 2.30. The van der Waals surface area contributed by atoms with Crippen LogP contribution in [0.25, 0.3) is 0 Å². The van der Waals surface area contributed by atoms with Gasteiger partial charge >= 0.3 is 5.97 Å². The minimum Gasteiger partial charge on any atom is -0.480 e. The van der Waals surface area contributed by atoms with Crippen LogP contribution in [0.2, 0.25) is 0 Å². The highest BCUT2D eigenvalue weighted by molar-refractivity contribution is 5.78. The lowest BCUT2D eigenvalue weighted by Gasteiger charge is -2.45. The number of hydrogen-bond donors (Lipinski definition) is 1. The fourth-order valence-electron chi connectivity index (χ4n) is 2.52. The van der Waals surface area contributed by atoms with Gasteiger partial charge in [0.1, 0.15) is 5.54 Å². The maximum Gasteiger partial charge on any atom is 0.323 e. The van der Waals surface area contributed by atoms with E-state index in [9.17, 15) is 9.90 Å². The van der Waals surface area contributed by atoms with E-state index in [-0.39, 0.29) is 6.04 Å². The summed E-state index contributed by atoms with van der Waals surface area (Å²) in [5, 5.41) is 9.37. The number of carboxylic acids is 1. The van der Waals surface area contributed by atoms with E-state index in [1.807, 2.05) is 6.92 Å². The molecular formula is C12H23NO3. The van der Waals surface area contributed by atoms with E-state index in [0.29, 0.717) is 6.61 Å². The van der Waals surface area contributed by atoms with Crippen molar-refractivity contribution in [2.24, 2.45) is 0 Å². The third-order valence-electron chi connectivity index (χ3n) is 3.68. The molecule has 94 valence electrons. The summed E-state index contributed by atoms with van der Waals surface area (Å²) in [4.78, 5) is 13.5. The Bertz CT molecular complexity index is 244. The highest BCUT2D eigenvalue weighted by Gasteiger charge is 2.43. The molecule has 0 spiro atoms. The molecule has 2 unspecified atom stereocenters. The summed E-state index contributed by atoms with van der Waals surface area (Å²) in [5.41, 5.74) is -0.689. The molecule has 16 heavy (non-hydrogen) atoms. The minimum atomic E-state index is -0.698.